The molecule has 0 spiro atoms. The van der Waals surface area contributed by atoms with E-state index >= 15 is 0 Å². The minimum atomic E-state index is -0.834. The summed E-state index contributed by atoms with van der Waals surface area (Å²) in [6.45, 7) is 3.75. The van der Waals surface area contributed by atoms with Crippen LogP contribution < -0.4 is 5.32 Å². The van der Waals surface area contributed by atoms with Crippen LogP contribution in [0.2, 0.25) is 0 Å². The van der Waals surface area contributed by atoms with Crippen LogP contribution in [0.4, 0.5) is 0 Å². The van der Waals surface area contributed by atoms with Crippen molar-refractivity contribution in [3.05, 3.63) is 119 Å². The van der Waals surface area contributed by atoms with E-state index in [9.17, 15) is 14.4 Å². The van der Waals surface area contributed by atoms with Crippen LogP contribution in [0.15, 0.2) is 102 Å². The van der Waals surface area contributed by atoms with E-state index in [2.05, 4.69) is 5.32 Å². The van der Waals surface area contributed by atoms with Crippen molar-refractivity contribution >= 4 is 29.5 Å². The van der Waals surface area contributed by atoms with Gasteiger partial charge in [-0.1, -0.05) is 78.9 Å². The number of amides is 2. The summed E-state index contributed by atoms with van der Waals surface area (Å²) in [6, 6.07) is 26.8. The number of esters is 1. The van der Waals surface area contributed by atoms with Gasteiger partial charge in [-0.25, -0.2) is 4.79 Å². The average molecular weight is 573 g/mol. The van der Waals surface area contributed by atoms with Gasteiger partial charge in [0.2, 0.25) is 0 Å². The molecule has 8 nitrogen and oxygen atoms in total. The second kappa shape index (κ2) is 12.3. The molecule has 0 aromatic heterocycles. The van der Waals surface area contributed by atoms with Gasteiger partial charge >= 0.3 is 5.97 Å². The number of thioether (sulfide) groups is 1. The molecule has 2 fully saturated rings. The molecular weight excluding hydrogens is 540 g/mol. The van der Waals surface area contributed by atoms with Gasteiger partial charge in [0.1, 0.15) is 17.1 Å². The molecular formula is C32H32N2O6S. The van der Waals surface area contributed by atoms with Gasteiger partial charge in [-0.2, -0.15) is 0 Å². The number of carbonyl (C=O) groups is 3. The standard InChI is InChI=1S/C32H32N2O6S/c1-32(2)38-19-24(20-39-32)26(31(37)40-27(21-13-7-4-8-14-21)22-15-9-5-10-16-22)34-29(36)25(30(34)41-3)33-28(35)23-17-11-6-12-18-23/h4-18,25,27,30H,19-20H2,1-3H3,(H,33,35)/t25-,30+/m0/s1. The zero-order valence-corrected chi connectivity index (χ0v) is 23.9. The third-order valence-electron chi connectivity index (χ3n) is 6.99. The molecule has 0 saturated carbocycles. The Labute approximate surface area is 243 Å². The highest BCUT2D eigenvalue weighted by Crippen LogP contribution is 2.37. The smallest absolute Gasteiger partial charge is 0.356 e. The molecule has 3 aromatic carbocycles. The van der Waals surface area contributed by atoms with Gasteiger partial charge in [-0.3, -0.25) is 14.5 Å². The maximum Gasteiger partial charge on any atom is 0.356 e. The molecule has 2 aliphatic rings. The Morgan fingerprint density at radius 1 is 0.902 bits per heavy atom. The maximum absolute atomic E-state index is 14.1. The van der Waals surface area contributed by atoms with E-state index in [4.69, 9.17) is 14.2 Å². The van der Waals surface area contributed by atoms with Crippen LogP contribution in [0.3, 0.4) is 0 Å². The molecule has 212 valence electrons. The monoisotopic (exact) mass is 572 g/mol. The lowest BCUT2D eigenvalue weighted by Crippen LogP contribution is -2.69. The first kappa shape index (κ1) is 28.6. The number of carbonyl (C=O) groups excluding carboxylic acids is 3. The second-order valence-corrected chi connectivity index (χ2v) is 11.1. The lowest BCUT2D eigenvalue weighted by molar-refractivity contribution is -0.226. The lowest BCUT2D eigenvalue weighted by Gasteiger charge is -2.47. The van der Waals surface area contributed by atoms with Gasteiger partial charge in [0.05, 0.1) is 13.2 Å². The van der Waals surface area contributed by atoms with Crippen LogP contribution in [0.1, 0.15) is 41.4 Å². The molecule has 0 aliphatic carbocycles. The number of likely N-dealkylation sites (tertiary alicyclic amines) is 1. The van der Waals surface area contributed by atoms with Crippen LogP contribution in [0, 0.1) is 0 Å². The molecule has 3 aromatic rings. The molecule has 2 aliphatic heterocycles. The Balaban J connectivity index is 1.46. The number of nitrogens with zero attached hydrogens (tertiary/aromatic N) is 1. The van der Waals surface area contributed by atoms with Crippen LogP contribution in [0.25, 0.3) is 0 Å². The summed E-state index contributed by atoms with van der Waals surface area (Å²) in [4.78, 5) is 41.9. The Morgan fingerprint density at radius 3 is 1.93 bits per heavy atom. The molecule has 2 atom stereocenters. The predicted octanol–water partition coefficient (Wildman–Crippen LogP) is 4.69. The van der Waals surface area contributed by atoms with E-state index in [1.54, 1.807) is 38.1 Å². The SMILES string of the molecule is CS[C@@H]1[C@@H](NC(=O)c2ccccc2)C(=O)N1C(C(=O)OC(c1ccccc1)c1ccccc1)=C1COC(C)(C)OC1. The third-order valence-corrected chi connectivity index (χ3v) is 7.96. The number of rotatable bonds is 8. The molecule has 41 heavy (non-hydrogen) atoms. The number of benzene rings is 3. The van der Waals surface area contributed by atoms with Crippen LogP contribution in [0.5, 0.6) is 0 Å². The molecule has 0 radical (unpaired) electrons. The number of β-lactam (4-membered cyclic amide) rings is 1. The normalized spacial score (nSPS) is 19.9. The van der Waals surface area contributed by atoms with Crippen molar-refractivity contribution in [2.45, 2.75) is 37.2 Å². The van der Waals surface area contributed by atoms with Crippen molar-refractivity contribution < 1.29 is 28.6 Å². The highest BCUT2D eigenvalue weighted by molar-refractivity contribution is 7.99. The van der Waals surface area contributed by atoms with E-state index in [1.165, 1.54) is 16.7 Å². The van der Waals surface area contributed by atoms with Gasteiger partial charge in [0.15, 0.2) is 11.9 Å². The summed E-state index contributed by atoms with van der Waals surface area (Å²) in [5, 5.41) is 2.29. The summed E-state index contributed by atoms with van der Waals surface area (Å²) in [5.74, 6) is -2.28. The molecule has 5 rings (SSSR count). The second-order valence-electron chi connectivity index (χ2n) is 10.2. The van der Waals surface area contributed by atoms with Gasteiger partial charge in [0, 0.05) is 11.1 Å². The largest absolute Gasteiger partial charge is 0.448 e. The number of hydrogen-bond donors (Lipinski definition) is 1. The number of nitrogens with one attached hydrogen (secondary N) is 1. The van der Waals surface area contributed by atoms with E-state index in [0.29, 0.717) is 11.1 Å². The van der Waals surface area contributed by atoms with E-state index in [0.717, 1.165) is 11.1 Å². The average Bonchev–Trinajstić information content (AvgIpc) is 3.00. The van der Waals surface area contributed by atoms with Crippen LogP contribution in [-0.2, 0) is 23.8 Å². The van der Waals surface area contributed by atoms with Gasteiger partial charge in [-0.05, 0) is 43.4 Å². The Hall–Kier alpha value is -3.92. The molecule has 0 bridgehead atoms. The summed E-state index contributed by atoms with van der Waals surface area (Å²) < 4.78 is 17.9. The Morgan fingerprint density at radius 2 is 1.41 bits per heavy atom. The van der Waals surface area contributed by atoms with Crippen molar-refractivity contribution in [3.63, 3.8) is 0 Å². The molecule has 2 amide bonds. The third kappa shape index (κ3) is 6.22. The quantitative estimate of drug-likeness (QED) is 0.238. The van der Waals surface area contributed by atoms with Crippen molar-refractivity contribution in [1.82, 2.24) is 10.2 Å². The first-order valence-corrected chi connectivity index (χ1v) is 14.6. The lowest BCUT2D eigenvalue weighted by atomic mass is 10.0. The van der Waals surface area contributed by atoms with Crippen molar-refractivity contribution in [2.24, 2.45) is 0 Å². The first-order valence-electron chi connectivity index (χ1n) is 13.3. The highest BCUT2D eigenvalue weighted by Gasteiger charge is 2.52. The van der Waals surface area contributed by atoms with Gasteiger partial charge < -0.3 is 19.5 Å². The minimum absolute atomic E-state index is 0.0759. The molecule has 1 N–H and O–H groups in total. The van der Waals surface area contributed by atoms with Crippen LogP contribution in [-0.4, -0.2) is 59.4 Å². The van der Waals surface area contributed by atoms with Gasteiger partial charge in [-0.15, -0.1) is 11.8 Å². The fourth-order valence-corrected chi connectivity index (χ4v) is 5.67. The fourth-order valence-electron chi connectivity index (χ4n) is 4.79. The molecule has 2 heterocycles. The summed E-state index contributed by atoms with van der Waals surface area (Å²) >= 11 is 1.36. The minimum Gasteiger partial charge on any atom is -0.448 e. The fraction of sp³-hybridized carbons (Fsp3) is 0.281. The zero-order valence-electron chi connectivity index (χ0n) is 23.1. The zero-order chi connectivity index (χ0) is 29.0. The van der Waals surface area contributed by atoms with E-state index in [-0.39, 0.29) is 24.8 Å². The summed E-state index contributed by atoms with van der Waals surface area (Å²) in [6.07, 6.45) is 1.12. The van der Waals surface area contributed by atoms with Crippen LogP contribution >= 0.6 is 11.8 Å². The number of ether oxygens (including phenoxy) is 3. The first-order chi connectivity index (χ1) is 19.8. The summed E-state index contributed by atoms with van der Waals surface area (Å²) in [5.41, 5.74) is 2.60. The summed E-state index contributed by atoms with van der Waals surface area (Å²) in [7, 11) is 0. The predicted molar refractivity (Wildman–Crippen MR) is 156 cm³/mol. The highest BCUT2D eigenvalue weighted by atomic mass is 32.2. The topological polar surface area (TPSA) is 94.2 Å². The van der Waals surface area contributed by atoms with Crippen molar-refractivity contribution in [1.29, 1.82) is 0 Å². The van der Waals surface area contributed by atoms with E-state index < -0.39 is 35.2 Å². The van der Waals surface area contributed by atoms with Crippen molar-refractivity contribution in [2.75, 3.05) is 19.5 Å². The Kier molecular flexibility index (Phi) is 8.58. The van der Waals surface area contributed by atoms with Crippen molar-refractivity contribution in [3.8, 4) is 0 Å². The van der Waals surface area contributed by atoms with E-state index in [1.807, 2.05) is 73.0 Å². The maximum atomic E-state index is 14.1. The van der Waals surface area contributed by atoms with Gasteiger partial charge in [0.25, 0.3) is 11.8 Å². The molecule has 2 saturated heterocycles. The number of hydrogen-bond acceptors (Lipinski definition) is 7. The Bertz CT molecular complexity index is 1380. The molecule has 9 heteroatoms. The molecule has 0 unspecified atom stereocenters.